The Balaban J connectivity index is 1.42. The molecule has 1 saturated heterocycles. The summed E-state index contributed by atoms with van der Waals surface area (Å²) in [5.74, 6) is 0.373. The van der Waals surface area contributed by atoms with E-state index in [0.29, 0.717) is 30.0 Å². The summed E-state index contributed by atoms with van der Waals surface area (Å²) in [6.45, 7) is 2.89. The topological polar surface area (TPSA) is 97.0 Å². The standard InChI is InChI=1S/C27H29N3O5S/c1-34-15-14-30-16-20(18-8-4-3-5-9-18)22(17-30)29-27(31)28-21-12-13-23(35-2)26-25(21)19-10-6-7-11-24(19)36(26,32)33/h3-13,20,22H,14-17H2,1-2H3,(H2,28,29,31). The van der Waals surface area contributed by atoms with Gasteiger partial charge in [-0.25, -0.2) is 13.2 Å². The van der Waals surface area contributed by atoms with Crippen LogP contribution in [0.3, 0.4) is 0 Å². The van der Waals surface area contributed by atoms with E-state index in [-0.39, 0.29) is 33.5 Å². The summed E-state index contributed by atoms with van der Waals surface area (Å²) in [6.07, 6.45) is 0. The van der Waals surface area contributed by atoms with Gasteiger partial charge >= 0.3 is 6.03 Å². The zero-order valence-electron chi connectivity index (χ0n) is 20.2. The molecule has 5 rings (SSSR count). The molecule has 9 heteroatoms. The first kappa shape index (κ1) is 24.3. The first-order valence-electron chi connectivity index (χ1n) is 11.8. The first-order chi connectivity index (χ1) is 17.4. The summed E-state index contributed by atoms with van der Waals surface area (Å²) < 4.78 is 37.2. The van der Waals surface area contributed by atoms with E-state index in [0.717, 1.165) is 18.7 Å². The summed E-state index contributed by atoms with van der Waals surface area (Å²) in [5.41, 5.74) is 2.58. The fraction of sp³-hybridized carbons (Fsp3) is 0.296. The molecule has 8 nitrogen and oxygen atoms in total. The van der Waals surface area contributed by atoms with Crippen LogP contribution in [0.15, 0.2) is 76.5 Å². The van der Waals surface area contributed by atoms with Gasteiger partial charge in [-0.3, -0.25) is 4.90 Å². The Kier molecular flexibility index (Phi) is 6.70. The summed E-state index contributed by atoms with van der Waals surface area (Å²) in [4.78, 5) is 15.8. The van der Waals surface area contributed by atoms with Gasteiger partial charge in [-0.2, -0.15) is 0 Å². The van der Waals surface area contributed by atoms with Crippen molar-refractivity contribution in [3.63, 3.8) is 0 Å². The molecular weight excluding hydrogens is 478 g/mol. The predicted octanol–water partition coefficient (Wildman–Crippen LogP) is 3.74. The van der Waals surface area contributed by atoms with Gasteiger partial charge < -0.3 is 20.1 Å². The third-order valence-electron chi connectivity index (χ3n) is 6.86. The van der Waals surface area contributed by atoms with Gasteiger partial charge in [0.2, 0.25) is 9.84 Å². The minimum atomic E-state index is -3.76. The fourth-order valence-corrected chi connectivity index (χ4v) is 7.02. The largest absolute Gasteiger partial charge is 0.495 e. The van der Waals surface area contributed by atoms with E-state index in [1.54, 1.807) is 43.5 Å². The SMILES string of the molecule is COCCN1CC(NC(=O)Nc2ccc(OC)c3c2-c2ccccc2S3(=O)=O)C(c2ccccc2)C1. The Morgan fingerprint density at radius 2 is 1.75 bits per heavy atom. The average molecular weight is 508 g/mol. The molecule has 0 saturated carbocycles. The lowest BCUT2D eigenvalue weighted by Gasteiger charge is -2.21. The van der Waals surface area contributed by atoms with E-state index < -0.39 is 9.84 Å². The maximum Gasteiger partial charge on any atom is 0.319 e. The number of urea groups is 1. The molecule has 3 aromatic carbocycles. The van der Waals surface area contributed by atoms with Gasteiger partial charge in [0.15, 0.2) is 0 Å². The number of carbonyl (C=O) groups is 1. The molecule has 0 aromatic heterocycles. The fourth-order valence-electron chi connectivity index (χ4n) is 5.18. The van der Waals surface area contributed by atoms with Crippen LogP contribution in [0.5, 0.6) is 5.75 Å². The van der Waals surface area contributed by atoms with Crippen molar-refractivity contribution in [2.24, 2.45) is 0 Å². The third kappa shape index (κ3) is 4.34. The van der Waals surface area contributed by atoms with Gasteiger partial charge in [-0.15, -0.1) is 0 Å². The number of likely N-dealkylation sites (tertiary alicyclic amines) is 1. The Hall–Kier alpha value is -3.40. The van der Waals surface area contributed by atoms with Gasteiger partial charge in [0.05, 0.1) is 30.3 Å². The minimum absolute atomic E-state index is 0.0813. The molecule has 2 atom stereocenters. The second-order valence-corrected chi connectivity index (χ2v) is 10.8. The predicted molar refractivity (Wildman–Crippen MR) is 137 cm³/mol. The molecule has 0 bridgehead atoms. The number of amides is 2. The molecule has 2 unspecified atom stereocenters. The van der Waals surface area contributed by atoms with Crippen LogP contribution in [-0.4, -0.2) is 65.9 Å². The zero-order chi connectivity index (χ0) is 25.3. The van der Waals surface area contributed by atoms with Crippen LogP contribution in [0.25, 0.3) is 11.1 Å². The van der Waals surface area contributed by atoms with Crippen LogP contribution >= 0.6 is 0 Å². The van der Waals surface area contributed by atoms with Crippen molar-refractivity contribution in [2.75, 3.05) is 45.8 Å². The first-order valence-corrected chi connectivity index (χ1v) is 13.3. The molecule has 2 N–H and O–H groups in total. The molecule has 36 heavy (non-hydrogen) atoms. The van der Waals surface area contributed by atoms with Crippen LogP contribution < -0.4 is 15.4 Å². The van der Waals surface area contributed by atoms with Crippen molar-refractivity contribution in [3.8, 4) is 16.9 Å². The lowest BCUT2D eigenvalue weighted by Crippen LogP contribution is -2.42. The molecular formula is C27H29N3O5S. The van der Waals surface area contributed by atoms with Crippen molar-refractivity contribution in [2.45, 2.75) is 21.8 Å². The number of sulfone groups is 1. The maximum atomic E-state index is 13.3. The highest BCUT2D eigenvalue weighted by Gasteiger charge is 2.39. The third-order valence-corrected chi connectivity index (χ3v) is 8.73. The van der Waals surface area contributed by atoms with E-state index in [9.17, 15) is 13.2 Å². The molecule has 2 heterocycles. The monoisotopic (exact) mass is 507 g/mol. The molecule has 2 amide bonds. The Morgan fingerprint density at radius 3 is 2.50 bits per heavy atom. The Labute approximate surface area is 211 Å². The van der Waals surface area contributed by atoms with Crippen molar-refractivity contribution in [1.29, 1.82) is 0 Å². The summed E-state index contributed by atoms with van der Waals surface area (Å²) in [7, 11) is -0.647. The van der Waals surface area contributed by atoms with Gasteiger partial charge in [-0.05, 0) is 23.8 Å². The van der Waals surface area contributed by atoms with Gasteiger partial charge in [0, 0.05) is 43.8 Å². The number of rotatable bonds is 7. The van der Waals surface area contributed by atoms with Gasteiger partial charge in [0.25, 0.3) is 0 Å². The lowest BCUT2D eigenvalue weighted by atomic mass is 9.94. The number of fused-ring (bicyclic) bond motifs is 3. The summed E-state index contributed by atoms with van der Waals surface area (Å²) in [5, 5.41) is 6.05. The van der Waals surface area contributed by atoms with Crippen LogP contribution in [0, 0.1) is 0 Å². The molecule has 0 spiro atoms. The maximum absolute atomic E-state index is 13.3. The number of nitrogens with zero attached hydrogens (tertiary/aromatic N) is 1. The highest BCUT2D eigenvalue weighted by Crippen LogP contribution is 2.50. The van der Waals surface area contributed by atoms with Crippen LogP contribution in [0.2, 0.25) is 0 Å². The van der Waals surface area contributed by atoms with Crippen LogP contribution in [-0.2, 0) is 14.6 Å². The molecule has 3 aromatic rings. The number of hydrogen-bond donors (Lipinski definition) is 2. The zero-order valence-corrected chi connectivity index (χ0v) is 21.0. The van der Waals surface area contributed by atoms with E-state index in [1.165, 1.54) is 7.11 Å². The Bertz CT molecular complexity index is 1380. The molecule has 188 valence electrons. The van der Waals surface area contributed by atoms with Gasteiger partial charge in [0.1, 0.15) is 10.6 Å². The molecule has 0 aliphatic carbocycles. The average Bonchev–Trinajstić information content (AvgIpc) is 3.40. The summed E-state index contributed by atoms with van der Waals surface area (Å²) >= 11 is 0. The van der Waals surface area contributed by atoms with Crippen molar-refractivity contribution in [1.82, 2.24) is 10.2 Å². The number of ether oxygens (including phenoxy) is 2. The van der Waals surface area contributed by atoms with Crippen LogP contribution in [0.1, 0.15) is 11.5 Å². The lowest BCUT2D eigenvalue weighted by molar-refractivity contribution is 0.159. The van der Waals surface area contributed by atoms with Crippen molar-refractivity contribution in [3.05, 3.63) is 72.3 Å². The van der Waals surface area contributed by atoms with Crippen molar-refractivity contribution >= 4 is 21.6 Å². The van der Waals surface area contributed by atoms with Gasteiger partial charge in [-0.1, -0.05) is 48.5 Å². The number of nitrogens with one attached hydrogen (secondary N) is 2. The second kappa shape index (κ2) is 9.93. The molecule has 1 fully saturated rings. The van der Waals surface area contributed by atoms with E-state index >= 15 is 0 Å². The number of hydrogen-bond acceptors (Lipinski definition) is 6. The van der Waals surface area contributed by atoms with E-state index in [1.807, 2.05) is 18.2 Å². The van der Waals surface area contributed by atoms with Crippen LogP contribution in [0.4, 0.5) is 10.5 Å². The normalized spacial score (nSPS) is 19.9. The molecule has 2 aliphatic rings. The quantitative estimate of drug-likeness (QED) is 0.396. The number of anilines is 1. The second-order valence-electron chi connectivity index (χ2n) is 8.99. The Morgan fingerprint density at radius 1 is 1.00 bits per heavy atom. The molecule has 2 aliphatic heterocycles. The summed E-state index contributed by atoms with van der Waals surface area (Å²) in [6, 6.07) is 19.7. The van der Waals surface area contributed by atoms with E-state index in [4.69, 9.17) is 9.47 Å². The number of methoxy groups -OCH3 is 2. The minimum Gasteiger partial charge on any atom is -0.495 e. The number of carbonyl (C=O) groups excluding carboxylic acids is 1. The highest BCUT2D eigenvalue weighted by atomic mass is 32.2. The van der Waals surface area contributed by atoms with Crippen molar-refractivity contribution < 1.29 is 22.7 Å². The molecule has 0 radical (unpaired) electrons. The smallest absolute Gasteiger partial charge is 0.319 e. The van der Waals surface area contributed by atoms with E-state index in [2.05, 4.69) is 27.7 Å². The number of benzene rings is 3. The highest BCUT2D eigenvalue weighted by molar-refractivity contribution is 7.92.